The van der Waals surface area contributed by atoms with Crippen LogP contribution in [0.2, 0.25) is 0 Å². The quantitative estimate of drug-likeness (QED) is 0.350. The second-order valence-electron chi connectivity index (χ2n) is 6.38. The highest BCUT2D eigenvalue weighted by molar-refractivity contribution is 5.96. The summed E-state index contributed by atoms with van der Waals surface area (Å²) in [7, 11) is 2.93. The second-order valence-corrected chi connectivity index (χ2v) is 6.38. The predicted molar refractivity (Wildman–Crippen MR) is 109 cm³/mol. The molecule has 0 saturated heterocycles. The number of amides is 1. The minimum atomic E-state index is -1.00. The minimum Gasteiger partial charge on any atom is -0.493 e. The summed E-state index contributed by atoms with van der Waals surface area (Å²) in [6, 6.07) is 11.4. The van der Waals surface area contributed by atoms with E-state index in [9.17, 15) is 19.7 Å². The number of rotatable bonds is 9. The van der Waals surface area contributed by atoms with Crippen LogP contribution < -0.4 is 9.47 Å². The van der Waals surface area contributed by atoms with Crippen molar-refractivity contribution in [3.8, 4) is 11.5 Å². The summed E-state index contributed by atoms with van der Waals surface area (Å²) in [6.07, 6.45) is 0. The maximum atomic E-state index is 12.5. The Hall–Kier alpha value is -3.62. The first-order chi connectivity index (χ1) is 14.3. The molecule has 0 saturated carbocycles. The van der Waals surface area contributed by atoms with Crippen LogP contribution in [0.4, 0.5) is 5.69 Å². The third kappa shape index (κ3) is 5.25. The molecule has 0 radical (unpaired) electrons. The molecule has 2 aromatic carbocycles. The first-order valence-electron chi connectivity index (χ1n) is 9.27. The maximum absolute atomic E-state index is 12.5. The van der Waals surface area contributed by atoms with Crippen molar-refractivity contribution >= 4 is 17.6 Å². The molecular formula is C21H24N2O7. The number of ether oxygens (including phenoxy) is 3. The van der Waals surface area contributed by atoms with Gasteiger partial charge in [0.25, 0.3) is 11.6 Å². The zero-order chi connectivity index (χ0) is 22.3. The molecular weight excluding hydrogens is 392 g/mol. The number of carbonyl (C=O) groups excluding carboxylic acids is 2. The van der Waals surface area contributed by atoms with Crippen LogP contribution >= 0.6 is 0 Å². The Labute approximate surface area is 174 Å². The summed E-state index contributed by atoms with van der Waals surface area (Å²) in [5, 5.41) is 11.4. The Bertz CT molecular complexity index is 915. The zero-order valence-corrected chi connectivity index (χ0v) is 17.3. The highest BCUT2D eigenvalue weighted by Gasteiger charge is 2.27. The van der Waals surface area contributed by atoms with Gasteiger partial charge >= 0.3 is 5.97 Å². The van der Waals surface area contributed by atoms with Gasteiger partial charge in [0.1, 0.15) is 5.56 Å². The molecule has 0 fully saturated rings. The van der Waals surface area contributed by atoms with Gasteiger partial charge in [-0.15, -0.1) is 0 Å². The summed E-state index contributed by atoms with van der Waals surface area (Å²) in [6.45, 7) is 3.28. The molecule has 0 aliphatic heterocycles. The van der Waals surface area contributed by atoms with E-state index in [0.29, 0.717) is 0 Å². The van der Waals surface area contributed by atoms with Gasteiger partial charge < -0.3 is 19.1 Å². The van der Waals surface area contributed by atoms with Gasteiger partial charge in [0.05, 0.1) is 30.7 Å². The number of likely N-dealkylation sites (N-methyl/N-ethyl adjacent to an activating group) is 1. The largest absolute Gasteiger partial charge is 0.493 e. The van der Waals surface area contributed by atoms with E-state index >= 15 is 0 Å². The molecule has 0 N–H and O–H groups in total. The number of nitro benzene ring substituents is 1. The van der Waals surface area contributed by atoms with Crippen molar-refractivity contribution in [3.05, 3.63) is 63.7 Å². The van der Waals surface area contributed by atoms with E-state index in [2.05, 4.69) is 0 Å². The Morgan fingerprint density at radius 2 is 1.83 bits per heavy atom. The number of nitrogens with zero attached hydrogens (tertiary/aromatic N) is 2. The van der Waals surface area contributed by atoms with Crippen molar-refractivity contribution in [1.82, 2.24) is 4.90 Å². The lowest BCUT2D eigenvalue weighted by Crippen LogP contribution is -2.33. The monoisotopic (exact) mass is 416 g/mol. The molecule has 9 heteroatoms. The average molecular weight is 416 g/mol. The zero-order valence-electron chi connectivity index (χ0n) is 17.3. The third-order valence-electron chi connectivity index (χ3n) is 4.58. The molecule has 1 amide bonds. The normalized spacial score (nSPS) is 11.3. The van der Waals surface area contributed by atoms with E-state index in [-0.39, 0.29) is 29.7 Å². The SMILES string of the molecule is CCOc1cc(C(=O)OCC(=O)N(C)[C@H](C)c2ccccc2)c([N+](=O)[O-])cc1OC. The van der Waals surface area contributed by atoms with E-state index in [1.807, 2.05) is 37.3 Å². The fourth-order valence-corrected chi connectivity index (χ4v) is 2.77. The lowest BCUT2D eigenvalue weighted by Gasteiger charge is -2.25. The molecule has 160 valence electrons. The molecule has 2 rings (SSSR count). The third-order valence-corrected chi connectivity index (χ3v) is 4.58. The molecule has 0 heterocycles. The molecule has 0 aliphatic rings. The molecule has 0 aliphatic carbocycles. The van der Waals surface area contributed by atoms with Crippen LogP contribution in [0.5, 0.6) is 11.5 Å². The molecule has 0 bridgehead atoms. The Morgan fingerprint density at radius 3 is 2.40 bits per heavy atom. The molecule has 30 heavy (non-hydrogen) atoms. The molecule has 0 aromatic heterocycles. The summed E-state index contributed by atoms with van der Waals surface area (Å²) < 4.78 is 15.5. The Kier molecular flexibility index (Phi) is 7.74. The highest BCUT2D eigenvalue weighted by atomic mass is 16.6. The predicted octanol–water partition coefficient (Wildman–Crippen LogP) is 3.38. The van der Waals surface area contributed by atoms with Crippen LogP contribution in [0.25, 0.3) is 0 Å². The molecule has 1 atom stereocenters. The number of hydrogen-bond donors (Lipinski definition) is 0. The maximum Gasteiger partial charge on any atom is 0.345 e. The number of esters is 1. The molecule has 0 unspecified atom stereocenters. The second kappa shape index (κ2) is 10.2. The molecule has 2 aromatic rings. The van der Waals surface area contributed by atoms with Gasteiger partial charge in [-0.05, 0) is 19.4 Å². The van der Waals surface area contributed by atoms with E-state index in [4.69, 9.17) is 14.2 Å². The van der Waals surface area contributed by atoms with Gasteiger partial charge in [0, 0.05) is 13.1 Å². The Balaban J connectivity index is 2.16. The Morgan fingerprint density at radius 1 is 1.17 bits per heavy atom. The average Bonchev–Trinajstić information content (AvgIpc) is 2.76. The number of nitro groups is 1. The topological polar surface area (TPSA) is 108 Å². The minimum absolute atomic E-state index is 0.118. The van der Waals surface area contributed by atoms with Gasteiger partial charge in [0.15, 0.2) is 18.1 Å². The fraction of sp³-hybridized carbons (Fsp3) is 0.333. The van der Waals surface area contributed by atoms with Gasteiger partial charge in [-0.2, -0.15) is 0 Å². The van der Waals surface area contributed by atoms with E-state index in [1.54, 1.807) is 14.0 Å². The van der Waals surface area contributed by atoms with E-state index in [1.165, 1.54) is 18.1 Å². The number of carbonyl (C=O) groups is 2. The molecule has 9 nitrogen and oxygen atoms in total. The first kappa shape index (κ1) is 22.7. The number of benzene rings is 2. The summed E-state index contributed by atoms with van der Waals surface area (Å²) in [5.41, 5.74) is 0.0985. The van der Waals surface area contributed by atoms with Crippen molar-refractivity contribution in [3.63, 3.8) is 0 Å². The van der Waals surface area contributed by atoms with Gasteiger partial charge in [-0.3, -0.25) is 14.9 Å². The van der Waals surface area contributed by atoms with Crippen LogP contribution in [-0.2, 0) is 9.53 Å². The standard InChI is InChI=1S/C21H24N2O7/c1-5-29-19-11-16(17(23(26)27)12-18(19)28-4)21(25)30-13-20(24)22(3)14(2)15-9-7-6-8-10-15/h6-12,14H,5,13H2,1-4H3/t14-/m1/s1. The summed E-state index contributed by atoms with van der Waals surface area (Å²) in [4.78, 5) is 37.1. The van der Waals surface area contributed by atoms with Crippen molar-refractivity contribution in [2.75, 3.05) is 27.4 Å². The van der Waals surface area contributed by atoms with Crippen LogP contribution in [0.3, 0.4) is 0 Å². The van der Waals surface area contributed by atoms with Crippen molar-refractivity contribution in [2.45, 2.75) is 19.9 Å². The fourth-order valence-electron chi connectivity index (χ4n) is 2.77. The van der Waals surface area contributed by atoms with Crippen LogP contribution in [0, 0.1) is 10.1 Å². The lowest BCUT2D eigenvalue weighted by atomic mass is 10.1. The smallest absolute Gasteiger partial charge is 0.345 e. The van der Waals surface area contributed by atoms with Crippen molar-refractivity contribution in [1.29, 1.82) is 0 Å². The van der Waals surface area contributed by atoms with Crippen LogP contribution in [-0.4, -0.2) is 49.1 Å². The van der Waals surface area contributed by atoms with Gasteiger partial charge in [-0.25, -0.2) is 4.79 Å². The summed E-state index contributed by atoms with van der Waals surface area (Å²) >= 11 is 0. The van der Waals surface area contributed by atoms with Crippen molar-refractivity contribution in [2.24, 2.45) is 0 Å². The lowest BCUT2D eigenvalue weighted by molar-refractivity contribution is -0.385. The van der Waals surface area contributed by atoms with Crippen LogP contribution in [0.1, 0.15) is 35.8 Å². The summed E-state index contributed by atoms with van der Waals surface area (Å²) in [5.74, 6) is -1.16. The number of hydrogen-bond acceptors (Lipinski definition) is 7. The highest BCUT2D eigenvalue weighted by Crippen LogP contribution is 2.35. The molecule has 0 spiro atoms. The number of methoxy groups -OCH3 is 1. The van der Waals surface area contributed by atoms with Gasteiger partial charge in [-0.1, -0.05) is 30.3 Å². The van der Waals surface area contributed by atoms with Crippen LogP contribution in [0.15, 0.2) is 42.5 Å². The van der Waals surface area contributed by atoms with Crippen molar-refractivity contribution < 1.29 is 28.7 Å². The van der Waals surface area contributed by atoms with Gasteiger partial charge in [0.2, 0.25) is 0 Å². The van der Waals surface area contributed by atoms with E-state index in [0.717, 1.165) is 11.6 Å². The first-order valence-corrected chi connectivity index (χ1v) is 9.27. The van der Waals surface area contributed by atoms with E-state index < -0.39 is 29.1 Å².